The molecule has 0 amide bonds. The van der Waals surface area contributed by atoms with Gasteiger partial charge in [0.05, 0.1) is 12.4 Å². The lowest BCUT2D eigenvalue weighted by atomic mass is 10.2. The molecule has 0 fully saturated rings. The molecule has 3 aromatic rings. The third-order valence-corrected chi connectivity index (χ3v) is 3.51. The van der Waals surface area contributed by atoms with Gasteiger partial charge >= 0.3 is 0 Å². The zero-order valence-corrected chi connectivity index (χ0v) is 12.7. The zero-order valence-electron chi connectivity index (χ0n) is 12.7. The van der Waals surface area contributed by atoms with Crippen molar-refractivity contribution in [3.63, 3.8) is 0 Å². The summed E-state index contributed by atoms with van der Waals surface area (Å²) >= 11 is 0. The van der Waals surface area contributed by atoms with Crippen molar-refractivity contribution in [1.82, 2.24) is 14.8 Å². The fraction of sp³-hybridized carbons (Fsp3) is 0.176. The van der Waals surface area contributed by atoms with Gasteiger partial charge in [0, 0.05) is 24.8 Å². The van der Waals surface area contributed by atoms with Crippen molar-refractivity contribution in [1.29, 1.82) is 0 Å². The summed E-state index contributed by atoms with van der Waals surface area (Å²) in [7, 11) is 1.94. The highest BCUT2D eigenvalue weighted by atomic mass is 16.5. The number of anilines is 1. The largest absolute Gasteiger partial charge is 0.456 e. The van der Waals surface area contributed by atoms with E-state index in [0.29, 0.717) is 12.3 Å². The first kappa shape index (κ1) is 14.1. The van der Waals surface area contributed by atoms with Crippen LogP contribution in [0.3, 0.4) is 0 Å². The third kappa shape index (κ3) is 3.25. The Labute approximate surface area is 129 Å². The monoisotopic (exact) mass is 294 g/mol. The highest BCUT2D eigenvalue weighted by Crippen LogP contribution is 2.21. The quantitative estimate of drug-likeness (QED) is 0.782. The van der Waals surface area contributed by atoms with E-state index in [4.69, 9.17) is 4.74 Å². The van der Waals surface area contributed by atoms with Crippen LogP contribution in [-0.4, -0.2) is 14.8 Å². The predicted octanol–water partition coefficient (Wildman–Crippen LogP) is 3.53. The minimum absolute atomic E-state index is 0.700. The average molecular weight is 294 g/mol. The average Bonchev–Trinajstić information content (AvgIpc) is 2.87. The van der Waals surface area contributed by atoms with Crippen molar-refractivity contribution in [3.05, 3.63) is 66.1 Å². The third-order valence-electron chi connectivity index (χ3n) is 3.51. The lowest BCUT2D eigenvalue weighted by molar-refractivity contribution is 0.480. The number of aryl methyl sites for hydroxylation is 1. The summed E-state index contributed by atoms with van der Waals surface area (Å²) in [4.78, 5) is 4.36. The number of hydrogen-bond acceptors (Lipinski definition) is 4. The van der Waals surface area contributed by atoms with Crippen molar-refractivity contribution in [2.75, 3.05) is 5.32 Å². The number of nitrogens with zero attached hydrogens (tertiary/aromatic N) is 3. The van der Waals surface area contributed by atoms with E-state index in [0.717, 1.165) is 22.8 Å². The van der Waals surface area contributed by atoms with Crippen LogP contribution in [-0.2, 0) is 13.6 Å². The second kappa shape index (κ2) is 6.30. The first-order valence-corrected chi connectivity index (χ1v) is 7.12. The summed E-state index contributed by atoms with van der Waals surface area (Å²) in [6.45, 7) is 2.75. The molecule has 1 aromatic carbocycles. The lowest BCUT2D eigenvalue weighted by Gasteiger charge is -2.08. The van der Waals surface area contributed by atoms with Crippen LogP contribution >= 0.6 is 0 Å². The van der Waals surface area contributed by atoms with Gasteiger partial charge in [-0.15, -0.1) is 0 Å². The molecule has 0 aliphatic rings. The Kier molecular flexibility index (Phi) is 4.05. The van der Waals surface area contributed by atoms with E-state index in [1.807, 2.05) is 67.3 Å². The smallest absolute Gasteiger partial charge is 0.145 e. The molecule has 0 radical (unpaired) electrons. The molecule has 2 heterocycles. The summed E-state index contributed by atoms with van der Waals surface area (Å²) in [5.41, 5.74) is 2.31. The van der Waals surface area contributed by atoms with Gasteiger partial charge in [0.2, 0.25) is 0 Å². The maximum absolute atomic E-state index is 5.71. The molecule has 1 N–H and O–H groups in total. The Morgan fingerprint density at radius 1 is 1.05 bits per heavy atom. The number of para-hydroxylation sites is 1. The van der Waals surface area contributed by atoms with Crippen molar-refractivity contribution in [2.24, 2.45) is 7.05 Å². The fourth-order valence-corrected chi connectivity index (χ4v) is 2.07. The molecule has 112 valence electrons. The summed E-state index contributed by atoms with van der Waals surface area (Å²) in [5.74, 6) is 2.33. The summed E-state index contributed by atoms with van der Waals surface area (Å²) in [6, 6.07) is 13.5. The SMILES string of the molecule is Cc1c(CNc2ccc(Oc3ccccc3)cn2)cnn1C. The van der Waals surface area contributed by atoms with E-state index in [1.165, 1.54) is 0 Å². The Balaban J connectivity index is 1.61. The molecule has 0 aliphatic heterocycles. The van der Waals surface area contributed by atoms with Crippen LogP contribution < -0.4 is 10.1 Å². The van der Waals surface area contributed by atoms with Gasteiger partial charge in [-0.1, -0.05) is 18.2 Å². The van der Waals surface area contributed by atoms with E-state index in [2.05, 4.69) is 15.4 Å². The Morgan fingerprint density at radius 3 is 2.50 bits per heavy atom. The van der Waals surface area contributed by atoms with Crippen LogP contribution in [0.2, 0.25) is 0 Å². The molecule has 0 unspecified atom stereocenters. The van der Waals surface area contributed by atoms with Gasteiger partial charge in [-0.2, -0.15) is 5.10 Å². The van der Waals surface area contributed by atoms with E-state index >= 15 is 0 Å². The Hall–Kier alpha value is -2.82. The molecule has 2 aromatic heterocycles. The zero-order chi connectivity index (χ0) is 15.4. The molecule has 0 spiro atoms. The van der Waals surface area contributed by atoms with Crippen LogP contribution in [0, 0.1) is 6.92 Å². The van der Waals surface area contributed by atoms with Crippen LogP contribution in [0.4, 0.5) is 5.82 Å². The molecular formula is C17H18N4O. The van der Waals surface area contributed by atoms with Crippen molar-refractivity contribution in [2.45, 2.75) is 13.5 Å². The minimum Gasteiger partial charge on any atom is -0.456 e. The minimum atomic E-state index is 0.700. The number of benzene rings is 1. The maximum Gasteiger partial charge on any atom is 0.145 e. The molecule has 5 heteroatoms. The van der Waals surface area contributed by atoms with E-state index in [1.54, 1.807) is 6.20 Å². The van der Waals surface area contributed by atoms with Gasteiger partial charge in [-0.25, -0.2) is 4.98 Å². The topological polar surface area (TPSA) is 52.0 Å². The summed E-state index contributed by atoms with van der Waals surface area (Å²) in [6.07, 6.45) is 3.58. The molecule has 0 bridgehead atoms. The Bertz CT molecular complexity index is 735. The molecule has 0 saturated carbocycles. The standard InChI is InChI=1S/C17H18N4O/c1-13-14(11-20-21(13)2)10-18-17-9-8-16(12-19-17)22-15-6-4-3-5-7-15/h3-9,11-12H,10H2,1-2H3,(H,18,19). The summed E-state index contributed by atoms with van der Waals surface area (Å²) < 4.78 is 7.58. The van der Waals surface area contributed by atoms with Gasteiger partial charge in [-0.3, -0.25) is 4.68 Å². The number of aromatic nitrogens is 3. The number of ether oxygens (including phenoxy) is 1. The van der Waals surface area contributed by atoms with Crippen molar-refractivity contribution in [3.8, 4) is 11.5 Å². The maximum atomic E-state index is 5.71. The number of nitrogens with one attached hydrogen (secondary N) is 1. The van der Waals surface area contributed by atoms with Crippen LogP contribution in [0.25, 0.3) is 0 Å². The van der Waals surface area contributed by atoms with Gasteiger partial charge in [0.15, 0.2) is 0 Å². The van der Waals surface area contributed by atoms with E-state index < -0.39 is 0 Å². The van der Waals surface area contributed by atoms with Crippen molar-refractivity contribution >= 4 is 5.82 Å². The first-order valence-electron chi connectivity index (χ1n) is 7.12. The van der Waals surface area contributed by atoms with Gasteiger partial charge in [0.25, 0.3) is 0 Å². The van der Waals surface area contributed by atoms with E-state index in [9.17, 15) is 0 Å². The number of rotatable bonds is 5. The second-order valence-corrected chi connectivity index (χ2v) is 5.03. The first-order chi connectivity index (χ1) is 10.7. The number of pyridine rings is 1. The van der Waals surface area contributed by atoms with E-state index in [-0.39, 0.29) is 0 Å². The molecule has 0 aliphatic carbocycles. The van der Waals surface area contributed by atoms with Crippen LogP contribution in [0.15, 0.2) is 54.9 Å². The molecular weight excluding hydrogens is 276 g/mol. The van der Waals surface area contributed by atoms with Crippen molar-refractivity contribution < 1.29 is 4.74 Å². The molecule has 3 rings (SSSR count). The fourth-order valence-electron chi connectivity index (χ4n) is 2.07. The highest BCUT2D eigenvalue weighted by Gasteiger charge is 2.04. The van der Waals surface area contributed by atoms with Gasteiger partial charge in [0.1, 0.15) is 17.3 Å². The molecule has 22 heavy (non-hydrogen) atoms. The molecule has 0 saturated heterocycles. The highest BCUT2D eigenvalue weighted by molar-refractivity contribution is 5.40. The second-order valence-electron chi connectivity index (χ2n) is 5.03. The Morgan fingerprint density at radius 2 is 1.86 bits per heavy atom. The van der Waals surface area contributed by atoms with Gasteiger partial charge in [-0.05, 0) is 31.2 Å². The van der Waals surface area contributed by atoms with Gasteiger partial charge < -0.3 is 10.1 Å². The molecule has 0 atom stereocenters. The van der Waals surface area contributed by atoms with Crippen LogP contribution in [0.1, 0.15) is 11.3 Å². The predicted molar refractivity (Wildman–Crippen MR) is 86.0 cm³/mol. The lowest BCUT2D eigenvalue weighted by Crippen LogP contribution is -2.02. The number of hydrogen-bond donors (Lipinski definition) is 1. The van der Waals surface area contributed by atoms with Crippen LogP contribution in [0.5, 0.6) is 11.5 Å². The normalized spacial score (nSPS) is 10.5. The molecule has 5 nitrogen and oxygen atoms in total. The summed E-state index contributed by atoms with van der Waals surface area (Å²) in [5, 5.41) is 7.51.